The number of benzene rings is 1. The average Bonchev–Trinajstić information content (AvgIpc) is 2.53. The summed E-state index contributed by atoms with van der Waals surface area (Å²) in [6.45, 7) is 4.65. The number of Topliss-reactive ketones (excluding diaryl/α,β-unsaturated/α-hetero) is 1. The maximum atomic E-state index is 12.6. The fraction of sp³-hybridized carbons (Fsp3) is 0.500. The fourth-order valence-electron chi connectivity index (χ4n) is 2.48. The van der Waals surface area contributed by atoms with Gasteiger partial charge in [-0.25, -0.2) is 8.42 Å². The molecule has 1 aromatic rings. The van der Waals surface area contributed by atoms with Crippen LogP contribution in [0, 0.1) is 6.92 Å². The SMILES string of the molecule is CC(=O)CCC(=O)N1CCN(S(=O)(=O)c2ccc(C)cc2)CC1. The van der Waals surface area contributed by atoms with Crippen LogP contribution in [0.25, 0.3) is 0 Å². The third-order valence-electron chi connectivity index (χ3n) is 3.94. The van der Waals surface area contributed by atoms with Crippen molar-refractivity contribution in [2.75, 3.05) is 26.2 Å². The number of amides is 1. The number of hydrogen-bond donors (Lipinski definition) is 0. The van der Waals surface area contributed by atoms with Crippen LogP contribution in [0.15, 0.2) is 29.2 Å². The lowest BCUT2D eigenvalue weighted by Crippen LogP contribution is -2.50. The summed E-state index contributed by atoms with van der Waals surface area (Å²) < 4.78 is 26.5. The topological polar surface area (TPSA) is 74.8 Å². The first-order chi connectivity index (χ1) is 10.8. The van der Waals surface area contributed by atoms with Crippen molar-refractivity contribution in [2.24, 2.45) is 0 Å². The highest BCUT2D eigenvalue weighted by atomic mass is 32.2. The Hall–Kier alpha value is -1.73. The zero-order valence-electron chi connectivity index (χ0n) is 13.5. The van der Waals surface area contributed by atoms with Gasteiger partial charge in [-0.05, 0) is 26.0 Å². The molecule has 0 spiro atoms. The largest absolute Gasteiger partial charge is 0.340 e. The minimum Gasteiger partial charge on any atom is -0.340 e. The molecule has 126 valence electrons. The molecule has 1 aromatic carbocycles. The van der Waals surface area contributed by atoms with Crippen molar-refractivity contribution in [1.82, 2.24) is 9.21 Å². The molecule has 7 heteroatoms. The molecule has 0 unspecified atom stereocenters. The summed E-state index contributed by atoms with van der Waals surface area (Å²) in [5, 5.41) is 0. The predicted molar refractivity (Wildman–Crippen MR) is 86.4 cm³/mol. The van der Waals surface area contributed by atoms with Crippen LogP contribution < -0.4 is 0 Å². The number of carbonyl (C=O) groups excluding carboxylic acids is 2. The number of ketones is 1. The second kappa shape index (κ2) is 7.23. The zero-order chi connectivity index (χ0) is 17.0. The maximum Gasteiger partial charge on any atom is 0.243 e. The maximum absolute atomic E-state index is 12.6. The molecular formula is C16H22N2O4S. The molecule has 0 N–H and O–H groups in total. The first kappa shape index (κ1) is 17.6. The van der Waals surface area contributed by atoms with Crippen LogP contribution >= 0.6 is 0 Å². The van der Waals surface area contributed by atoms with E-state index in [2.05, 4.69) is 0 Å². The Labute approximate surface area is 137 Å². The third kappa shape index (κ3) is 4.39. The van der Waals surface area contributed by atoms with Crippen molar-refractivity contribution in [3.8, 4) is 0 Å². The normalized spacial score (nSPS) is 16.3. The number of aryl methyl sites for hydroxylation is 1. The quantitative estimate of drug-likeness (QED) is 0.808. The van der Waals surface area contributed by atoms with Crippen molar-refractivity contribution in [3.63, 3.8) is 0 Å². The van der Waals surface area contributed by atoms with Gasteiger partial charge in [-0.3, -0.25) is 4.79 Å². The number of nitrogens with zero attached hydrogens (tertiary/aromatic N) is 2. The van der Waals surface area contributed by atoms with Gasteiger partial charge in [-0.1, -0.05) is 17.7 Å². The minimum atomic E-state index is -3.51. The molecule has 0 saturated carbocycles. The minimum absolute atomic E-state index is 0.0149. The summed E-state index contributed by atoms with van der Waals surface area (Å²) in [6.07, 6.45) is 0.431. The van der Waals surface area contributed by atoms with E-state index in [4.69, 9.17) is 0 Å². The first-order valence-electron chi connectivity index (χ1n) is 7.65. The van der Waals surface area contributed by atoms with Gasteiger partial charge < -0.3 is 9.69 Å². The van der Waals surface area contributed by atoms with Gasteiger partial charge in [-0.15, -0.1) is 0 Å². The number of rotatable bonds is 5. The van der Waals surface area contributed by atoms with Crippen LogP contribution in [0.3, 0.4) is 0 Å². The van der Waals surface area contributed by atoms with Crippen LogP contribution in [-0.2, 0) is 19.6 Å². The molecule has 1 saturated heterocycles. The standard InChI is InChI=1S/C16H22N2O4S/c1-13-3-6-15(7-4-13)23(21,22)18-11-9-17(10-12-18)16(20)8-5-14(2)19/h3-4,6-7H,5,8-12H2,1-2H3. The van der Waals surface area contributed by atoms with Crippen molar-refractivity contribution in [3.05, 3.63) is 29.8 Å². The van der Waals surface area contributed by atoms with E-state index in [-0.39, 0.29) is 42.5 Å². The molecular weight excluding hydrogens is 316 g/mol. The van der Waals surface area contributed by atoms with Gasteiger partial charge in [-0.2, -0.15) is 4.31 Å². The Morgan fingerprint density at radius 2 is 1.57 bits per heavy atom. The van der Waals surface area contributed by atoms with E-state index in [1.54, 1.807) is 29.2 Å². The summed E-state index contributed by atoms with van der Waals surface area (Å²) in [6, 6.07) is 6.76. The van der Waals surface area contributed by atoms with Gasteiger partial charge in [0, 0.05) is 39.0 Å². The van der Waals surface area contributed by atoms with E-state index in [0.717, 1.165) is 5.56 Å². The molecule has 1 heterocycles. The number of sulfonamides is 1. The second-order valence-electron chi connectivity index (χ2n) is 5.80. The van der Waals surface area contributed by atoms with Crippen molar-refractivity contribution >= 4 is 21.7 Å². The van der Waals surface area contributed by atoms with E-state index >= 15 is 0 Å². The van der Waals surface area contributed by atoms with Gasteiger partial charge in [0.15, 0.2) is 0 Å². The number of piperazine rings is 1. The molecule has 2 rings (SSSR count). The lowest BCUT2D eigenvalue weighted by atomic mass is 10.2. The predicted octanol–water partition coefficient (Wildman–Crippen LogP) is 1.20. The summed E-state index contributed by atoms with van der Waals surface area (Å²) >= 11 is 0. The highest BCUT2D eigenvalue weighted by Crippen LogP contribution is 2.18. The smallest absolute Gasteiger partial charge is 0.243 e. The second-order valence-corrected chi connectivity index (χ2v) is 7.74. The number of carbonyl (C=O) groups is 2. The number of hydrogen-bond acceptors (Lipinski definition) is 4. The Balaban J connectivity index is 1.97. The lowest BCUT2D eigenvalue weighted by Gasteiger charge is -2.34. The zero-order valence-corrected chi connectivity index (χ0v) is 14.3. The van der Waals surface area contributed by atoms with Gasteiger partial charge >= 0.3 is 0 Å². The fourth-order valence-corrected chi connectivity index (χ4v) is 3.90. The summed E-state index contributed by atoms with van der Waals surface area (Å²) in [4.78, 5) is 24.8. The van der Waals surface area contributed by atoms with Gasteiger partial charge in [0.25, 0.3) is 0 Å². The van der Waals surface area contributed by atoms with E-state index in [0.29, 0.717) is 13.1 Å². The lowest BCUT2D eigenvalue weighted by molar-refractivity contribution is -0.134. The molecule has 0 bridgehead atoms. The Kier molecular flexibility index (Phi) is 5.54. The molecule has 23 heavy (non-hydrogen) atoms. The molecule has 1 amide bonds. The Morgan fingerprint density at radius 1 is 1.00 bits per heavy atom. The van der Waals surface area contributed by atoms with Gasteiger partial charge in [0.2, 0.25) is 15.9 Å². The monoisotopic (exact) mass is 338 g/mol. The van der Waals surface area contributed by atoms with Gasteiger partial charge in [0.1, 0.15) is 5.78 Å². The summed E-state index contributed by atoms with van der Waals surface area (Å²) in [5.74, 6) is -0.105. The molecule has 0 radical (unpaired) electrons. The van der Waals surface area contributed by atoms with Crippen molar-refractivity contribution in [1.29, 1.82) is 0 Å². The molecule has 1 aliphatic rings. The van der Waals surface area contributed by atoms with Gasteiger partial charge in [0.05, 0.1) is 4.90 Å². The van der Waals surface area contributed by atoms with Crippen molar-refractivity contribution in [2.45, 2.75) is 31.6 Å². The van der Waals surface area contributed by atoms with Crippen LogP contribution in [-0.4, -0.2) is 55.5 Å². The molecule has 1 fully saturated rings. The summed E-state index contributed by atoms with van der Waals surface area (Å²) in [5.41, 5.74) is 1.00. The molecule has 1 aliphatic heterocycles. The molecule has 0 atom stereocenters. The van der Waals surface area contributed by atoms with E-state index in [1.807, 2.05) is 6.92 Å². The third-order valence-corrected chi connectivity index (χ3v) is 5.85. The van der Waals surface area contributed by atoms with Crippen molar-refractivity contribution < 1.29 is 18.0 Å². The Bertz CT molecular complexity index is 675. The molecule has 0 aromatic heterocycles. The van der Waals surface area contributed by atoms with Crippen LogP contribution in [0.1, 0.15) is 25.3 Å². The van der Waals surface area contributed by atoms with E-state index in [1.165, 1.54) is 11.2 Å². The molecule has 6 nitrogen and oxygen atoms in total. The first-order valence-corrected chi connectivity index (χ1v) is 9.09. The van der Waals surface area contributed by atoms with E-state index < -0.39 is 10.0 Å². The van der Waals surface area contributed by atoms with Crippen LogP contribution in [0.2, 0.25) is 0 Å². The van der Waals surface area contributed by atoms with E-state index in [9.17, 15) is 18.0 Å². The highest BCUT2D eigenvalue weighted by Gasteiger charge is 2.29. The average molecular weight is 338 g/mol. The summed E-state index contributed by atoms with van der Waals surface area (Å²) in [7, 11) is -3.51. The molecule has 0 aliphatic carbocycles. The highest BCUT2D eigenvalue weighted by molar-refractivity contribution is 7.89. The Morgan fingerprint density at radius 3 is 2.09 bits per heavy atom. The van der Waals surface area contributed by atoms with Crippen LogP contribution in [0.5, 0.6) is 0 Å². The van der Waals surface area contributed by atoms with Crippen LogP contribution in [0.4, 0.5) is 0 Å².